The Morgan fingerprint density at radius 1 is 1.58 bits per heavy atom. The molecule has 1 fully saturated rings. The first kappa shape index (κ1) is 9.19. The van der Waals surface area contributed by atoms with Crippen LogP contribution in [0.1, 0.15) is 32.1 Å². The summed E-state index contributed by atoms with van der Waals surface area (Å²) < 4.78 is 0. The smallest absolute Gasteiger partial charge is 0.301 e. The summed E-state index contributed by atoms with van der Waals surface area (Å²) in [5, 5.41) is 7.99. The summed E-state index contributed by atoms with van der Waals surface area (Å²) in [7, 11) is 0. The van der Waals surface area contributed by atoms with E-state index in [1.54, 1.807) is 0 Å². The van der Waals surface area contributed by atoms with E-state index >= 15 is 0 Å². The normalized spacial score (nSPS) is 23.8. The van der Waals surface area contributed by atoms with Crippen LogP contribution < -0.4 is 0 Å². The van der Waals surface area contributed by atoms with Gasteiger partial charge >= 0.3 is 5.97 Å². The molecule has 0 saturated heterocycles. The third-order valence-corrected chi connectivity index (χ3v) is 2.20. The predicted octanol–water partition coefficient (Wildman–Crippen LogP) is 1.15. The van der Waals surface area contributed by atoms with Gasteiger partial charge in [-0.15, -0.1) is 0 Å². The zero-order valence-corrected chi connectivity index (χ0v) is 6.78. The first-order valence-electron chi connectivity index (χ1n) is 4.11. The van der Waals surface area contributed by atoms with E-state index in [0.717, 1.165) is 19.3 Å². The van der Waals surface area contributed by atoms with E-state index in [1.807, 2.05) is 0 Å². The highest BCUT2D eigenvalue weighted by Gasteiger charge is 2.25. The van der Waals surface area contributed by atoms with Gasteiger partial charge in [0.15, 0.2) is 0 Å². The van der Waals surface area contributed by atoms with Crippen molar-refractivity contribution in [2.45, 2.75) is 32.1 Å². The van der Waals surface area contributed by atoms with Gasteiger partial charge in [0.2, 0.25) is 0 Å². The molecule has 1 aliphatic carbocycles. The summed E-state index contributed by atoms with van der Waals surface area (Å²) in [6, 6.07) is 0. The largest absolute Gasteiger partial charge is 0.342 e. The molecule has 0 aliphatic heterocycles. The number of rotatable bonds is 2. The highest BCUT2D eigenvalue weighted by molar-refractivity contribution is 5.85. The van der Waals surface area contributed by atoms with Gasteiger partial charge in [-0.05, 0) is 12.8 Å². The molecule has 1 N–H and O–H groups in total. The van der Waals surface area contributed by atoms with E-state index in [9.17, 15) is 9.59 Å². The highest BCUT2D eigenvalue weighted by atomic mass is 17.1. The summed E-state index contributed by atoms with van der Waals surface area (Å²) in [6.45, 7) is 0. The first-order valence-corrected chi connectivity index (χ1v) is 4.11. The van der Waals surface area contributed by atoms with Crippen LogP contribution in [0, 0.1) is 5.92 Å². The maximum Gasteiger partial charge on any atom is 0.342 e. The van der Waals surface area contributed by atoms with Crippen molar-refractivity contribution < 1.29 is 19.7 Å². The highest BCUT2D eigenvalue weighted by Crippen LogP contribution is 2.23. The molecular formula is C8H12O4. The Labute approximate surface area is 70.4 Å². The fourth-order valence-electron chi connectivity index (χ4n) is 1.51. The minimum atomic E-state index is -0.713. The molecule has 0 amide bonds. The lowest BCUT2D eigenvalue weighted by atomic mass is 9.86. The zero-order valence-electron chi connectivity index (χ0n) is 6.78. The molecule has 12 heavy (non-hydrogen) atoms. The molecule has 0 aromatic rings. The summed E-state index contributed by atoms with van der Waals surface area (Å²) in [5.41, 5.74) is 0. The van der Waals surface area contributed by atoms with Crippen molar-refractivity contribution in [2.75, 3.05) is 0 Å². The van der Waals surface area contributed by atoms with E-state index < -0.39 is 5.97 Å². The van der Waals surface area contributed by atoms with Crippen molar-refractivity contribution in [2.24, 2.45) is 5.92 Å². The number of carbonyl (C=O) groups is 2. The van der Waals surface area contributed by atoms with E-state index in [4.69, 9.17) is 5.26 Å². The van der Waals surface area contributed by atoms with Crippen molar-refractivity contribution in [1.82, 2.24) is 0 Å². The lowest BCUT2D eigenvalue weighted by Crippen LogP contribution is -2.22. The molecule has 0 radical (unpaired) electrons. The Morgan fingerprint density at radius 2 is 2.33 bits per heavy atom. The molecule has 1 rings (SSSR count). The average molecular weight is 172 g/mol. The van der Waals surface area contributed by atoms with Gasteiger partial charge in [-0.25, -0.2) is 4.79 Å². The Kier molecular flexibility index (Phi) is 3.22. The van der Waals surface area contributed by atoms with Crippen molar-refractivity contribution in [1.29, 1.82) is 0 Å². The fraction of sp³-hybridized carbons (Fsp3) is 0.750. The van der Waals surface area contributed by atoms with Crippen LogP contribution in [0.2, 0.25) is 0 Å². The Hall–Kier alpha value is -0.900. The van der Waals surface area contributed by atoms with Crippen LogP contribution in [-0.2, 0) is 14.5 Å². The van der Waals surface area contributed by atoms with Crippen LogP contribution >= 0.6 is 0 Å². The molecule has 68 valence electrons. The van der Waals surface area contributed by atoms with Crippen LogP contribution in [0.15, 0.2) is 0 Å². The second-order valence-corrected chi connectivity index (χ2v) is 3.08. The minimum Gasteiger partial charge on any atom is -0.301 e. The Balaban J connectivity index is 2.39. The van der Waals surface area contributed by atoms with Crippen LogP contribution in [0.25, 0.3) is 0 Å². The zero-order chi connectivity index (χ0) is 8.97. The number of hydrogen-bond acceptors (Lipinski definition) is 4. The second kappa shape index (κ2) is 4.21. The molecule has 0 bridgehead atoms. The maximum absolute atomic E-state index is 11.2. The topological polar surface area (TPSA) is 63.6 Å². The lowest BCUT2D eigenvalue weighted by Gasteiger charge is -2.18. The summed E-state index contributed by atoms with van der Waals surface area (Å²) in [5.74, 6) is -0.819. The molecule has 0 heterocycles. The van der Waals surface area contributed by atoms with Crippen molar-refractivity contribution in [3.8, 4) is 0 Å². The van der Waals surface area contributed by atoms with Crippen LogP contribution in [0.5, 0.6) is 0 Å². The molecule has 1 unspecified atom stereocenters. The Morgan fingerprint density at radius 3 is 2.92 bits per heavy atom. The summed E-state index contributed by atoms with van der Waals surface area (Å²) in [4.78, 5) is 25.3. The maximum atomic E-state index is 11.2. The summed E-state index contributed by atoms with van der Waals surface area (Å²) >= 11 is 0. The van der Waals surface area contributed by atoms with E-state index in [2.05, 4.69) is 4.89 Å². The quantitative estimate of drug-likeness (QED) is 0.501. The first-order chi connectivity index (χ1) is 5.74. The van der Waals surface area contributed by atoms with Crippen molar-refractivity contribution in [3.63, 3.8) is 0 Å². The van der Waals surface area contributed by atoms with Gasteiger partial charge in [0.1, 0.15) is 5.78 Å². The van der Waals surface area contributed by atoms with Gasteiger partial charge in [0.25, 0.3) is 0 Å². The lowest BCUT2D eigenvalue weighted by molar-refractivity contribution is -0.235. The van der Waals surface area contributed by atoms with Crippen molar-refractivity contribution >= 4 is 11.8 Å². The standard InChI is InChI=1S/C8H12O4/c9-7-4-2-1-3-6(7)5-8(10)12-11/h6,11H,1-5H2. The van der Waals surface area contributed by atoms with E-state index in [-0.39, 0.29) is 18.1 Å². The van der Waals surface area contributed by atoms with Crippen LogP contribution in [0.4, 0.5) is 0 Å². The second-order valence-electron chi connectivity index (χ2n) is 3.08. The van der Waals surface area contributed by atoms with Gasteiger partial charge in [0.05, 0.1) is 6.42 Å². The number of ketones is 1. The molecule has 4 nitrogen and oxygen atoms in total. The Bertz CT molecular complexity index is 187. The molecule has 1 atom stereocenters. The molecule has 0 aromatic heterocycles. The van der Waals surface area contributed by atoms with Gasteiger partial charge in [0, 0.05) is 12.3 Å². The molecule has 0 aromatic carbocycles. The number of Topliss-reactive ketones (excluding diaryl/α,β-unsaturated/α-hetero) is 1. The summed E-state index contributed by atoms with van der Waals surface area (Å²) in [6.07, 6.45) is 3.23. The molecule has 0 spiro atoms. The van der Waals surface area contributed by atoms with Gasteiger partial charge in [-0.1, -0.05) is 6.42 Å². The van der Waals surface area contributed by atoms with Gasteiger partial charge in [-0.3, -0.25) is 4.79 Å². The number of hydrogen-bond donors (Lipinski definition) is 1. The monoisotopic (exact) mass is 172 g/mol. The molecule has 4 heteroatoms. The van der Waals surface area contributed by atoms with Gasteiger partial charge in [-0.2, -0.15) is 5.26 Å². The average Bonchev–Trinajstić information content (AvgIpc) is 2.09. The fourth-order valence-corrected chi connectivity index (χ4v) is 1.51. The third kappa shape index (κ3) is 2.30. The van der Waals surface area contributed by atoms with E-state index in [0.29, 0.717) is 6.42 Å². The van der Waals surface area contributed by atoms with Crippen LogP contribution in [-0.4, -0.2) is 17.0 Å². The van der Waals surface area contributed by atoms with Gasteiger partial charge < -0.3 is 4.89 Å². The van der Waals surface area contributed by atoms with Crippen LogP contribution in [0.3, 0.4) is 0 Å². The predicted molar refractivity (Wildman–Crippen MR) is 40.3 cm³/mol. The molecule has 1 aliphatic rings. The molecule has 1 saturated carbocycles. The van der Waals surface area contributed by atoms with E-state index in [1.165, 1.54) is 0 Å². The minimum absolute atomic E-state index is 0.0231. The van der Waals surface area contributed by atoms with Crippen molar-refractivity contribution in [3.05, 3.63) is 0 Å². The third-order valence-electron chi connectivity index (χ3n) is 2.20. The SMILES string of the molecule is O=C(CC1CCCCC1=O)OO. The molecular weight excluding hydrogens is 160 g/mol. The number of carbonyl (C=O) groups excluding carboxylic acids is 2.